The van der Waals surface area contributed by atoms with Gasteiger partial charge in [-0.05, 0) is 12.8 Å². The predicted molar refractivity (Wildman–Crippen MR) is 78.7 cm³/mol. The number of carbonyl (C=O) groups is 1. The van der Waals surface area contributed by atoms with Crippen LogP contribution in [0, 0.1) is 11.3 Å². The van der Waals surface area contributed by atoms with Crippen molar-refractivity contribution in [3.8, 4) is 6.07 Å². The van der Waals surface area contributed by atoms with Gasteiger partial charge in [0.25, 0.3) is 5.91 Å². The van der Waals surface area contributed by atoms with Crippen molar-refractivity contribution in [3.05, 3.63) is 23.5 Å². The summed E-state index contributed by atoms with van der Waals surface area (Å²) < 4.78 is 7.20. The highest BCUT2D eigenvalue weighted by Gasteiger charge is 2.27. The smallest absolute Gasteiger partial charge is 0.278 e. The van der Waals surface area contributed by atoms with E-state index in [-0.39, 0.29) is 5.69 Å². The zero-order valence-corrected chi connectivity index (χ0v) is 12.5. The van der Waals surface area contributed by atoms with Crippen molar-refractivity contribution in [3.63, 3.8) is 0 Å². The molecular formula is C14H13N5O2S. The molecule has 0 saturated heterocycles. The van der Waals surface area contributed by atoms with E-state index in [1.54, 1.807) is 11.8 Å². The number of nitrogens with one attached hydrogen (secondary N) is 1. The molecule has 1 fully saturated rings. The Morgan fingerprint density at radius 3 is 3.09 bits per heavy atom. The second-order valence-corrected chi connectivity index (χ2v) is 6.42. The summed E-state index contributed by atoms with van der Waals surface area (Å²) in [5.41, 5.74) is 0.614. The number of hydrogen-bond acceptors (Lipinski definition) is 6. The summed E-state index contributed by atoms with van der Waals surface area (Å²) in [6.45, 7) is 0.738. The van der Waals surface area contributed by atoms with E-state index in [1.807, 2.05) is 4.57 Å². The Morgan fingerprint density at radius 2 is 2.36 bits per heavy atom. The summed E-state index contributed by atoms with van der Waals surface area (Å²) in [6, 6.07) is 2.10. The number of oxazole rings is 1. The molecule has 2 aromatic rings. The van der Waals surface area contributed by atoms with Crippen LogP contribution in [-0.2, 0) is 6.54 Å². The summed E-state index contributed by atoms with van der Waals surface area (Å²) in [6.07, 6.45) is 4.67. The summed E-state index contributed by atoms with van der Waals surface area (Å²) in [4.78, 5) is 20.8. The van der Waals surface area contributed by atoms with Crippen LogP contribution in [0.2, 0.25) is 0 Å². The molecule has 3 heterocycles. The Morgan fingerprint density at radius 1 is 1.50 bits per heavy atom. The third-order valence-electron chi connectivity index (χ3n) is 4.03. The molecule has 7 nitrogen and oxygen atoms in total. The molecule has 0 bridgehead atoms. The monoisotopic (exact) mass is 315 g/mol. The molecule has 112 valence electrons. The number of carbonyl (C=O) groups excluding carboxylic acids is 1. The molecule has 4 rings (SSSR count). The first-order valence-corrected chi connectivity index (χ1v) is 8.15. The van der Waals surface area contributed by atoms with Crippen molar-refractivity contribution in [2.24, 2.45) is 0 Å². The van der Waals surface area contributed by atoms with Gasteiger partial charge in [-0.3, -0.25) is 4.79 Å². The minimum atomic E-state index is -0.396. The lowest BCUT2D eigenvalue weighted by molar-refractivity contribution is 0.102. The van der Waals surface area contributed by atoms with E-state index in [0.29, 0.717) is 23.3 Å². The van der Waals surface area contributed by atoms with Crippen LogP contribution < -0.4 is 5.32 Å². The van der Waals surface area contributed by atoms with Crippen LogP contribution >= 0.6 is 11.8 Å². The van der Waals surface area contributed by atoms with Crippen LogP contribution in [0.1, 0.15) is 47.3 Å². The highest BCUT2D eigenvalue weighted by molar-refractivity contribution is 7.99. The van der Waals surface area contributed by atoms with Gasteiger partial charge in [-0.1, -0.05) is 18.2 Å². The van der Waals surface area contributed by atoms with Gasteiger partial charge in [0.2, 0.25) is 0 Å². The number of thioether (sulfide) groups is 1. The van der Waals surface area contributed by atoms with Gasteiger partial charge in [-0.25, -0.2) is 9.97 Å². The minimum absolute atomic E-state index is 0.228. The average Bonchev–Trinajstić information content (AvgIpc) is 3.11. The molecule has 1 aliphatic heterocycles. The van der Waals surface area contributed by atoms with Gasteiger partial charge in [-0.15, -0.1) is 0 Å². The van der Waals surface area contributed by atoms with E-state index in [1.165, 1.54) is 12.7 Å². The molecule has 1 saturated carbocycles. The zero-order chi connectivity index (χ0) is 15.1. The summed E-state index contributed by atoms with van der Waals surface area (Å²) in [5, 5.41) is 12.7. The number of aromatic nitrogens is 3. The first kappa shape index (κ1) is 13.4. The van der Waals surface area contributed by atoms with Crippen molar-refractivity contribution in [1.82, 2.24) is 14.5 Å². The SMILES string of the molecule is N#Cc1c(NC(=O)c2coc(C3CCC3)n2)nc2n1CCS2. The maximum atomic E-state index is 12.3. The highest BCUT2D eigenvalue weighted by Crippen LogP contribution is 2.35. The first-order valence-electron chi connectivity index (χ1n) is 7.16. The van der Waals surface area contributed by atoms with E-state index in [9.17, 15) is 10.1 Å². The Balaban J connectivity index is 1.55. The molecule has 0 unspecified atom stereocenters. The summed E-state index contributed by atoms with van der Waals surface area (Å²) in [5.74, 6) is 1.76. The van der Waals surface area contributed by atoms with Crippen molar-refractivity contribution < 1.29 is 9.21 Å². The number of imidazole rings is 1. The topological polar surface area (TPSA) is 96.7 Å². The fourth-order valence-electron chi connectivity index (χ4n) is 2.58. The molecule has 1 aliphatic carbocycles. The number of nitrogens with zero attached hydrogens (tertiary/aromatic N) is 4. The van der Waals surface area contributed by atoms with Crippen LogP contribution in [-0.4, -0.2) is 26.2 Å². The third kappa shape index (κ3) is 2.09. The van der Waals surface area contributed by atoms with Gasteiger partial charge in [0.15, 0.2) is 28.3 Å². The Kier molecular flexibility index (Phi) is 3.15. The number of amides is 1. The molecule has 1 amide bonds. The van der Waals surface area contributed by atoms with Crippen LogP contribution in [0.5, 0.6) is 0 Å². The number of nitriles is 1. The third-order valence-corrected chi connectivity index (χ3v) is 4.98. The second-order valence-electron chi connectivity index (χ2n) is 5.36. The average molecular weight is 315 g/mol. The summed E-state index contributed by atoms with van der Waals surface area (Å²) in [7, 11) is 0. The van der Waals surface area contributed by atoms with E-state index in [0.717, 1.165) is 30.3 Å². The van der Waals surface area contributed by atoms with Crippen molar-refractivity contribution in [2.75, 3.05) is 11.1 Å². The van der Waals surface area contributed by atoms with Gasteiger partial charge >= 0.3 is 0 Å². The fraction of sp³-hybridized carbons (Fsp3) is 0.429. The Labute approximate surface area is 130 Å². The van der Waals surface area contributed by atoms with Gasteiger partial charge in [0.05, 0.1) is 0 Å². The van der Waals surface area contributed by atoms with Crippen LogP contribution in [0.4, 0.5) is 5.82 Å². The van der Waals surface area contributed by atoms with Crippen LogP contribution in [0.3, 0.4) is 0 Å². The molecule has 22 heavy (non-hydrogen) atoms. The molecule has 2 aliphatic rings. The maximum Gasteiger partial charge on any atom is 0.278 e. The number of anilines is 1. The van der Waals surface area contributed by atoms with Gasteiger partial charge < -0.3 is 14.3 Å². The number of rotatable bonds is 3. The van der Waals surface area contributed by atoms with E-state index < -0.39 is 5.91 Å². The van der Waals surface area contributed by atoms with Crippen molar-refractivity contribution >= 4 is 23.5 Å². The minimum Gasteiger partial charge on any atom is -0.448 e. The first-order chi connectivity index (χ1) is 10.8. The molecule has 0 aromatic carbocycles. The molecule has 8 heteroatoms. The molecule has 1 N–H and O–H groups in total. The highest BCUT2D eigenvalue weighted by atomic mass is 32.2. The Bertz CT molecular complexity index is 784. The number of hydrogen-bond donors (Lipinski definition) is 1. The van der Waals surface area contributed by atoms with Gasteiger partial charge in [0.1, 0.15) is 12.3 Å². The summed E-state index contributed by atoms with van der Waals surface area (Å²) >= 11 is 1.58. The zero-order valence-electron chi connectivity index (χ0n) is 11.7. The van der Waals surface area contributed by atoms with Crippen molar-refractivity contribution in [2.45, 2.75) is 36.9 Å². The quantitative estimate of drug-likeness (QED) is 0.934. The lowest BCUT2D eigenvalue weighted by Gasteiger charge is -2.21. The Hall–Kier alpha value is -2.27. The lowest BCUT2D eigenvalue weighted by Crippen LogP contribution is -2.15. The van der Waals surface area contributed by atoms with Crippen molar-refractivity contribution in [1.29, 1.82) is 5.26 Å². The fourth-order valence-corrected chi connectivity index (χ4v) is 3.54. The molecule has 0 spiro atoms. The predicted octanol–water partition coefficient (Wildman–Crippen LogP) is 2.37. The molecule has 0 atom stereocenters. The maximum absolute atomic E-state index is 12.3. The van der Waals surface area contributed by atoms with Crippen LogP contribution in [0.25, 0.3) is 0 Å². The molecular weight excluding hydrogens is 302 g/mol. The molecule has 2 aromatic heterocycles. The van der Waals surface area contributed by atoms with E-state index >= 15 is 0 Å². The lowest BCUT2D eigenvalue weighted by atomic mass is 9.85. The largest absolute Gasteiger partial charge is 0.448 e. The van der Waals surface area contributed by atoms with Crippen LogP contribution in [0.15, 0.2) is 15.8 Å². The van der Waals surface area contributed by atoms with Gasteiger partial charge in [0, 0.05) is 18.2 Å². The van der Waals surface area contributed by atoms with Gasteiger partial charge in [-0.2, -0.15) is 5.26 Å². The van der Waals surface area contributed by atoms with E-state index in [4.69, 9.17) is 4.42 Å². The normalized spacial score (nSPS) is 16.9. The number of fused-ring (bicyclic) bond motifs is 1. The standard InChI is InChI=1S/C14H13N5O2S/c15-6-10-11(18-14-19(10)4-5-22-14)17-12(20)9-7-21-13(16-9)8-2-1-3-8/h7-8H,1-5H2,(H,17,20). The van der Waals surface area contributed by atoms with E-state index in [2.05, 4.69) is 21.4 Å². The second kappa shape index (κ2) is 5.18. The molecule has 0 radical (unpaired) electrons.